The normalized spacial score (nSPS) is 14.7. The number of benzene rings is 1. The number of nitrogens with zero attached hydrogens (tertiary/aromatic N) is 4. The van der Waals surface area contributed by atoms with Gasteiger partial charge >= 0.3 is 0 Å². The van der Waals surface area contributed by atoms with Crippen LogP contribution in [0.25, 0.3) is 33.4 Å². The zero-order valence-corrected chi connectivity index (χ0v) is 17.0. The standard InChI is InChI=1S/C23H24N4O2/c1-15-22(16(2)29-25-15)19-14-21-18(23(24-19)27-9-11-28-12-10-27)13-20(26(21)3)17-7-5-4-6-8-17/h4-8,13-14H,9-12H2,1-3H3. The van der Waals surface area contributed by atoms with Gasteiger partial charge in [0.15, 0.2) is 0 Å². The molecule has 4 heterocycles. The van der Waals surface area contributed by atoms with Gasteiger partial charge < -0.3 is 18.7 Å². The van der Waals surface area contributed by atoms with Crippen LogP contribution in [-0.2, 0) is 11.8 Å². The summed E-state index contributed by atoms with van der Waals surface area (Å²) in [5.74, 6) is 1.79. The molecular formula is C23H24N4O2. The van der Waals surface area contributed by atoms with Crippen molar-refractivity contribution in [3.05, 3.63) is 53.9 Å². The largest absolute Gasteiger partial charge is 0.378 e. The van der Waals surface area contributed by atoms with Crippen LogP contribution in [0.15, 0.2) is 47.0 Å². The fourth-order valence-corrected chi connectivity index (χ4v) is 4.19. The van der Waals surface area contributed by atoms with Crippen LogP contribution in [0, 0.1) is 13.8 Å². The molecule has 1 aliphatic rings. The first-order chi connectivity index (χ1) is 14.1. The molecule has 0 unspecified atom stereocenters. The van der Waals surface area contributed by atoms with E-state index in [-0.39, 0.29) is 0 Å². The van der Waals surface area contributed by atoms with Gasteiger partial charge in [0.2, 0.25) is 0 Å². The van der Waals surface area contributed by atoms with E-state index in [0.29, 0.717) is 0 Å². The first kappa shape index (κ1) is 17.9. The molecule has 0 saturated carbocycles. The highest BCUT2D eigenvalue weighted by Crippen LogP contribution is 2.37. The highest BCUT2D eigenvalue weighted by Gasteiger charge is 2.22. The van der Waals surface area contributed by atoms with Crippen LogP contribution >= 0.6 is 0 Å². The van der Waals surface area contributed by atoms with Crippen molar-refractivity contribution < 1.29 is 9.26 Å². The minimum absolute atomic E-state index is 0.719. The molecule has 1 aliphatic heterocycles. The highest BCUT2D eigenvalue weighted by atomic mass is 16.5. The molecule has 0 N–H and O–H groups in total. The predicted octanol–water partition coefficient (Wildman–Crippen LogP) is 4.35. The smallest absolute Gasteiger partial charge is 0.143 e. The molecule has 0 amide bonds. The average molecular weight is 388 g/mol. The van der Waals surface area contributed by atoms with Crippen molar-refractivity contribution in [2.24, 2.45) is 7.05 Å². The number of rotatable bonds is 3. The summed E-state index contributed by atoms with van der Waals surface area (Å²) < 4.78 is 13.2. The van der Waals surface area contributed by atoms with Crippen molar-refractivity contribution in [2.75, 3.05) is 31.2 Å². The molecule has 4 aromatic rings. The first-order valence-corrected chi connectivity index (χ1v) is 9.95. The Morgan fingerprint density at radius 2 is 1.76 bits per heavy atom. The van der Waals surface area contributed by atoms with Gasteiger partial charge in [-0.1, -0.05) is 35.5 Å². The Morgan fingerprint density at radius 1 is 1.00 bits per heavy atom. The molecule has 1 fully saturated rings. The van der Waals surface area contributed by atoms with E-state index in [0.717, 1.165) is 65.7 Å². The van der Waals surface area contributed by atoms with E-state index in [4.69, 9.17) is 14.2 Å². The molecule has 0 spiro atoms. The molecular weight excluding hydrogens is 364 g/mol. The maximum atomic E-state index is 5.57. The highest BCUT2D eigenvalue weighted by molar-refractivity contribution is 5.97. The zero-order chi connectivity index (χ0) is 20.0. The van der Waals surface area contributed by atoms with Gasteiger partial charge in [0.1, 0.15) is 11.6 Å². The van der Waals surface area contributed by atoms with E-state index in [1.54, 1.807) is 0 Å². The summed E-state index contributed by atoms with van der Waals surface area (Å²) >= 11 is 0. The van der Waals surface area contributed by atoms with Gasteiger partial charge in [0, 0.05) is 31.2 Å². The van der Waals surface area contributed by atoms with Gasteiger partial charge in [-0.05, 0) is 31.5 Å². The number of fused-ring (bicyclic) bond motifs is 1. The Kier molecular flexibility index (Phi) is 4.36. The van der Waals surface area contributed by atoms with Gasteiger partial charge in [0.25, 0.3) is 0 Å². The minimum Gasteiger partial charge on any atom is -0.378 e. The van der Waals surface area contributed by atoms with Crippen LogP contribution in [0.1, 0.15) is 11.5 Å². The third-order valence-electron chi connectivity index (χ3n) is 5.69. The second-order valence-corrected chi connectivity index (χ2v) is 7.52. The molecule has 0 aliphatic carbocycles. The monoisotopic (exact) mass is 388 g/mol. The van der Waals surface area contributed by atoms with Gasteiger partial charge in [0.05, 0.1) is 35.7 Å². The van der Waals surface area contributed by atoms with Crippen LogP contribution in [0.3, 0.4) is 0 Å². The number of morpholine rings is 1. The van der Waals surface area contributed by atoms with Crippen molar-refractivity contribution >= 4 is 16.7 Å². The Hall–Kier alpha value is -3.12. The van der Waals surface area contributed by atoms with E-state index in [9.17, 15) is 0 Å². The third kappa shape index (κ3) is 3.00. The summed E-state index contributed by atoms with van der Waals surface area (Å²) in [6, 6.07) is 14.9. The zero-order valence-electron chi connectivity index (χ0n) is 17.0. The second kappa shape index (κ2) is 7.04. The second-order valence-electron chi connectivity index (χ2n) is 7.52. The van der Waals surface area contributed by atoms with Crippen molar-refractivity contribution in [2.45, 2.75) is 13.8 Å². The number of aromatic nitrogens is 3. The SMILES string of the molecule is Cc1noc(C)c1-c1cc2c(cc(-c3ccccc3)n2C)c(N2CCOCC2)n1. The molecule has 148 valence electrons. The molecule has 3 aromatic heterocycles. The molecule has 6 nitrogen and oxygen atoms in total. The average Bonchev–Trinajstić information content (AvgIpc) is 3.27. The molecule has 0 atom stereocenters. The van der Waals surface area contributed by atoms with Gasteiger partial charge in [-0.2, -0.15) is 0 Å². The lowest BCUT2D eigenvalue weighted by Gasteiger charge is -2.28. The number of ether oxygens (including phenoxy) is 1. The lowest BCUT2D eigenvalue weighted by Crippen LogP contribution is -2.36. The summed E-state index contributed by atoms with van der Waals surface area (Å²) in [5, 5.41) is 5.29. The van der Waals surface area contributed by atoms with Crippen LogP contribution in [-0.4, -0.2) is 41.0 Å². The maximum Gasteiger partial charge on any atom is 0.143 e. The fraction of sp³-hybridized carbons (Fsp3) is 0.304. The molecule has 6 heteroatoms. The summed E-state index contributed by atoms with van der Waals surface area (Å²) in [6.07, 6.45) is 0. The minimum atomic E-state index is 0.719. The first-order valence-electron chi connectivity index (χ1n) is 9.95. The van der Waals surface area contributed by atoms with Gasteiger partial charge in [-0.3, -0.25) is 0 Å². The number of hydrogen-bond donors (Lipinski definition) is 0. The fourth-order valence-electron chi connectivity index (χ4n) is 4.19. The summed E-state index contributed by atoms with van der Waals surface area (Å²) in [5.41, 5.74) is 6.25. The number of aryl methyl sites for hydroxylation is 3. The topological polar surface area (TPSA) is 56.3 Å². The summed E-state index contributed by atoms with van der Waals surface area (Å²) in [7, 11) is 2.12. The predicted molar refractivity (Wildman–Crippen MR) is 114 cm³/mol. The molecule has 29 heavy (non-hydrogen) atoms. The Labute approximate surface area is 169 Å². The maximum absolute atomic E-state index is 5.57. The van der Waals surface area contributed by atoms with Crippen LogP contribution in [0.5, 0.6) is 0 Å². The van der Waals surface area contributed by atoms with Crippen molar-refractivity contribution in [3.63, 3.8) is 0 Å². The van der Waals surface area contributed by atoms with Gasteiger partial charge in [-0.25, -0.2) is 4.98 Å². The number of pyridine rings is 1. The van der Waals surface area contributed by atoms with Crippen molar-refractivity contribution in [1.82, 2.24) is 14.7 Å². The Morgan fingerprint density at radius 3 is 2.45 bits per heavy atom. The molecule has 1 saturated heterocycles. The third-order valence-corrected chi connectivity index (χ3v) is 5.69. The molecule has 0 radical (unpaired) electrons. The lowest BCUT2D eigenvalue weighted by molar-refractivity contribution is 0.122. The number of anilines is 1. The Balaban J connectivity index is 1.77. The van der Waals surface area contributed by atoms with E-state index in [2.05, 4.69) is 58.1 Å². The van der Waals surface area contributed by atoms with E-state index >= 15 is 0 Å². The molecule has 5 rings (SSSR count). The van der Waals surface area contributed by atoms with Crippen LogP contribution in [0.2, 0.25) is 0 Å². The summed E-state index contributed by atoms with van der Waals surface area (Å²) in [4.78, 5) is 7.42. The Bertz CT molecular complexity index is 1150. The van der Waals surface area contributed by atoms with Crippen LogP contribution < -0.4 is 4.90 Å². The van der Waals surface area contributed by atoms with Crippen LogP contribution in [0.4, 0.5) is 5.82 Å². The van der Waals surface area contributed by atoms with E-state index in [1.165, 1.54) is 11.3 Å². The van der Waals surface area contributed by atoms with Crippen molar-refractivity contribution in [1.29, 1.82) is 0 Å². The lowest BCUT2D eigenvalue weighted by atomic mass is 10.1. The molecule has 1 aromatic carbocycles. The number of hydrogen-bond acceptors (Lipinski definition) is 5. The quantitative estimate of drug-likeness (QED) is 0.522. The van der Waals surface area contributed by atoms with E-state index in [1.807, 2.05) is 19.9 Å². The van der Waals surface area contributed by atoms with Crippen molar-refractivity contribution in [3.8, 4) is 22.5 Å². The summed E-state index contributed by atoms with van der Waals surface area (Å²) in [6.45, 7) is 7.02. The van der Waals surface area contributed by atoms with E-state index < -0.39 is 0 Å². The molecule has 0 bridgehead atoms. The van der Waals surface area contributed by atoms with Gasteiger partial charge in [-0.15, -0.1) is 0 Å².